The van der Waals surface area contributed by atoms with E-state index in [4.69, 9.17) is 0 Å². The third-order valence-electron chi connectivity index (χ3n) is 5.70. The molecule has 3 nitrogen and oxygen atoms in total. The predicted octanol–water partition coefficient (Wildman–Crippen LogP) is 4.02. The quantitative estimate of drug-likeness (QED) is 0.901. The minimum atomic E-state index is -0.533. The molecule has 2 heterocycles. The summed E-state index contributed by atoms with van der Waals surface area (Å²) in [6, 6.07) is 16.9. The van der Waals surface area contributed by atoms with E-state index in [0.717, 1.165) is 12.1 Å². The molecule has 2 aliphatic rings. The fourth-order valence-electron chi connectivity index (χ4n) is 4.25. The van der Waals surface area contributed by atoms with E-state index in [2.05, 4.69) is 73.5 Å². The number of anilines is 1. The first-order valence-corrected chi connectivity index (χ1v) is 8.88. The zero-order valence-corrected chi connectivity index (χ0v) is 15.0. The summed E-state index contributed by atoms with van der Waals surface area (Å²) in [5.74, 6) is 0.117. The average molecular weight is 332 g/mol. The standard InChI is InChI=1S/C22H24N2O/c1-16-9-10-19-18(15-16)21(2,3)22(23-20(25)12-14-24(19)22)13-11-17-7-5-4-6-8-17/h4-11,13,15H,12,14H2,1-3H3,(H,23,25)/b13-11+/t22-/m0/s1. The number of benzene rings is 2. The molecule has 1 atom stereocenters. The molecule has 1 saturated heterocycles. The molecule has 1 fully saturated rings. The number of carbonyl (C=O) groups is 1. The van der Waals surface area contributed by atoms with Gasteiger partial charge < -0.3 is 10.2 Å². The van der Waals surface area contributed by atoms with Gasteiger partial charge in [0.05, 0.1) is 0 Å². The number of fused-ring (bicyclic) bond motifs is 3. The lowest BCUT2D eigenvalue weighted by Gasteiger charge is -2.49. The van der Waals surface area contributed by atoms with Crippen molar-refractivity contribution >= 4 is 17.7 Å². The van der Waals surface area contributed by atoms with E-state index in [1.807, 2.05) is 18.2 Å². The summed E-state index contributed by atoms with van der Waals surface area (Å²) in [6.07, 6.45) is 4.83. The Morgan fingerprint density at radius 1 is 1.12 bits per heavy atom. The van der Waals surface area contributed by atoms with E-state index < -0.39 is 5.66 Å². The summed E-state index contributed by atoms with van der Waals surface area (Å²) in [7, 11) is 0. The first-order valence-electron chi connectivity index (χ1n) is 8.88. The third kappa shape index (κ3) is 2.30. The minimum Gasteiger partial charge on any atom is -0.344 e. The van der Waals surface area contributed by atoms with Gasteiger partial charge in [-0.25, -0.2) is 0 Å². The van der Waals surface area contributed by atoms with Gasteiger partial charge in [-0.05, 0) is 30.2 Å². The predicted molar refractivity (Wildman–Crippen MR) is 103 cm³/mol. The van der Waals surface area contributed by atoms with Crippen LogP contribution in [0.15, 0.2) is 54.6 Å². The average Bonchev–Trinajstić information content (AvgIpc) is 2.78. The SMILES string of the molecule is Cc1ccc2c(c1)C(C)(C)[C@@]1(/C=C/c3ccccc3)NC(=O)CCN21. The molecular formula is C22H24N2O. The minimum absolute atomic E-state index is 0.117. The zero-order chi connectivity index (χ0) is 17.7. The van der Waals surface area contributed by atoms with Gasteiger partial charge in [-0.3, -0.25) is 4.79 Å². The van der Waals surface area contributed by atoms with Gasteiger partial charge >= 0.3 is 0 Å². The molecule has 0 aromatic heterocycles. The highest BCUT2D eigenvalue weighted by Crippen LogP contribution is 2.52. The largest absolute Gasteiger partial charge is 0.344 e. The van der Waals surface area contributed by atoms with Crippen molar-refractivity contribution in [2.75, 3.05) is 11.4 Å². The third-order valence-corrected chi connectivity index (χ3v) is 5.70. The van der Waals surface area contributed by atoms with Gasteiger partial charge in [0.15, 0.2) is 0 Å². The first-order chi connectivity index (χ1) is 11.9. The van der Waals surface area contributed by atoms with Gasteiger partial charge in [0.1, 0.15) is 5.66 Å². The highest BCUT2D eigenvalue weighted by molar-refractivity contribution is 5.84. The molecule has 0 aliphatic carbocycles. The molecule has 0 spiro atoms. The van der Waals surface area contributed by atoms with E-state index >= 15 is 0 Å². The Morgan fingerprint density at radius 2 is 1.88 bits per heavy atom. The van der Waals surface area contributed by atoms with Gasteiger partial charge in [-0.2, -0.15) is 0 Å². The second-order valence-corrected chi connectivity index (χ2v) is 7.61. The lowest BCUT2D eigenvalue weighted by molar-refractivity contribution is -0.124. The van der Waals surface area contributed by atoms with Crippen molar-refractivity contribution in [1.29, 1.82) is 0 Å². The fourth-order valence-corrected chi connectivity index (χ4v) is 4.25. The summed E-state index contributed by atoms with van der Waals surface area (Å²) in [4.78, 5) is 14.7. The van der Waals surface area contributed by atoms with Gasteiger partial charge in [-0.1, -0.05) is 68.0 Å². The van der Waals surface area contributed by atoms with Gasteiger partial charge in [0.25, 0.3) is 0 Å². The van der Waals surface area contributed by atoms with Crippen LogP contribution in [-0.2, 0) is 10.2 Å². The number of rotatable bonds is 2. The Hall–Kier alpha value is -2.55. The summed E-state index contributed by atoms with van der Waals surface area (Å²) in [5, 5.41) is 3.32. The molecule has 1 amide bonds. The molecule has 2 aromatic carbocycles. The van der Waals surface area contributed by atoms with Crippen LogP contribution in [0.4, 0.5) is 5.69 Å². The van der Waals surface area contributed by atoms with E-state index in [0.29, 0.717) is 6.42 Å². The van der Waals surface area contributed by atoms with Crippen LogP contribution in [0.2, 0.25) is 0 Å². The Labute approximate surface area is 149 Å². The van der Waals surface area contributed by atoms with Crippen LogP contribution in [0.1, 0.15) is 37.0 Å². The molecule has 2 aromatic rings. The second-order valence-electron chi connectivity index (χ2n) is 7.61. The van der Waals surface area contributed by atoms with Crippen molar-refractivity contribution in [2.45, 2.75) is 38.3 Å². The van der Waals surface area contributed by atoms with Crippen molar-refractivity contribution < 1.29 is 4.79 Å². The van der Waals surface area contributed by atoms with E-state index in [9.17, 15) is 4.79 Å². The van der Waals surface area contributed by atoms with Crippen molar-refractivity contribution in [3.05, 3.63) is 71.3 Å². The normalized spacial score (nSPS) is 24.1. The number of carbonyl (C=O) groups excluding carboxylic acids is 1. The smallest absolute Gasteiger partial charge is 0.223 e. The molecule has 25 heavy (non-hydrogen) atoms. The summed E-state index contributed by atoms with van der Waals surface area (Å²) in [5.41, 5.74) is 4.16. The zero-order valence-electron chi connectivity index (χ0n) is 15.0. The van der Waals surface area contributed by atoms with Crippen LogP contribution in [0.3, 0.4) is 0 Å². The van der Waals surface area contributed by atoms with Crippen molar-refractivity contribution in [2.24, 2.45) is 0 Å². The van der Waals surface area contributed by atoms with Crippen LogP contribution in [-0.4, -0.2) is 18.1 Å². The van der Waals surface area contributed by atoms with Crippen LogP contribution in [0.25, 0.3) is 6.08 Å². The number of hydrogen-bond acceptors (Lipinski definition) is 2. The Morgan fingerprint density at radius 3 is 2.64 bits per heavy atom. The molecule has 4 rings (SSSR count). The summed E-state index contributed by atoms with van der Waals surface area (Å²) >= 11 is 0. The Balaban J connectivity index is 1.87. The number of nitrogens with one attached hydrogen (secondary N) is 1. The van der Waals surface area contributed by atoms with Gasteiger partial charge in [-0.15, -0.1) is 0 Å². The van der Waals surface area contributed by atoms with E-state index in [1.165, 1.54) is 16.8 Å². The number of aryl methyl sites for hydroxylation is 1. The Kier molecular flexibility index (Phi) is 3.50. The number of nitrogens with zero attached hydrogens (tertiary/aromatic N) is 1. The van der Waals surface area contributed by atoms with Crippen molar-refractivity contribution in [3.63, 3.8) is 0 Å². The van der Waals surface area contributed by atoms with Crippen LogP contribution in [0.5, 0.6) is 0 Å². The molecule has 0 saturated carbocycles. The fraction of sp³-hybridized carbons (Fsp3) is 0.318. The molecule has 3 heteroatoms. The topological polar surface area (TPSA) is 32.3 Å². The maximum absolute atomic E-state index is 12.4. The number of amides is 1. The van der Waals surface area contributed by atoms with E-state index in [1.54, 1.807) is 0 Å². The molecular weight excluding hydrogens is 308 g/mol. The maximum atomic E-state index is 12.4. The van der Waals surface area contributed by atoms with Gasteiger partial charge in [0, 0.05) is 24.1 Å². The summed E-state index contributed by atoms with van der Waals surface area (Å²) < 4.78 is 0. The van der Waals surface area contributed by atoms with Gasteiger partial charge in [0.2, 0.25) is 5.91 Å². The molecule has 128 valence electrons. The second kappa shape index (κ2) is 5.48. The lowest BCUT2D eigenvalue weighted by Crippen LogP contribution is -2.68. The number of hydrogen-bond donors (Lipinski definition) is 1. The Bertz CT molecular complexity index is 854. The lowest BCUT2D eigenvalue weighted by atomic mass is 9.74. The van der Waals surface area contributed by atoms with Crippen LogP contribution in [0, 0.1) is 6.92 Å². The highest BCUT2D eigenvalue weighted by atomic mass is 16.2. The van der Waals surface area contributed by atoms with Crippen molar-refractivity contribution in [3.8, 4) is 0 Å². The van der Waals surface area contributed by atoms with E-state index in [-0.39, 0.29) is 11.3 Å². The van der Waals surface area contributed by atoms with Crippen LogP contribution < -0.4 is 10.2 Å². The molecule has 1 N–H and O–H groups in total. The molecule has 0 unspecified atom stereocenters. The van der Waals surface area contributed by atoms with Crippen LogP contribution >= 0.6 is 0 Å². The monoisotopic (exact) mass is 332 g/mol. The molecule has 2 aliphatic heterocycles. The van der Waals surface area contributed by atoms with Crippen molar-refractivity contribution in [1.82, 2.24) is 5.32 Å². The molecule has 0 radical (unpaired) electrons. The maximum Gasteiger partial charge on any atom is 0.223 e. The highest BCUT2D eigenvalue weighted by Gasteiger charge is 2.57. The molecule has 0 bridgehead atoms. The first kappa shape index (κ1) is 15.9. The summed E-state index contributed by atoms with van der Waals surface area (Å²) in [6.45, 7) is 7.32.